The van der Waals surface area contributed by atoms with Gasteiger partial charge in [0.05, 0.1) is 0 Å². The number of allylic oxidation sites excluding steroid dienone is 2. The molecule has 1 aliphatic carbocycles. The summed E-state index contributed by atoms with van der Waals surface area (Å²) in [4.78, 5) is 0. The molecule has 1 aliphatic rings. The van der Waals surface area contributed by atoms with Gasteiger partial charge in [-0.25, -0.2) is 0 Å². The smallest absolute Gasteiger partial charge is 0.0318 e. The van der Waals surface area contributed by atoms with E-state index in [1.54, 1.807) is 0 Å². The van der Waals surface area contributed by atoms with Gasteiger partial charge in [-0.3, -0.25) is 0 Å². The minimum atomic E-state index is 1.34. The zero-order valence-corrected chi connectivity index (χ0v) is 13.6. The molecule has 0 aromatic rings. The van der Waals surface area contributed by atoms with Crippen molar-refractivity contribution in [2.75, 3.05) is 0 Å². The van der Waals surface area contributed by atoms with E-state index >= 15 is 0 Å². The van der Waals surface area contributed by atoms with Crippen LogP contribution in [0, 0.1) is 0 Å². The molecular formula is C19H36. The Hall–Kier alpha value is -0.260. The molecule has 0 nitrogen and oxygen atoms in total. The van der Waals surface area contributed by atoms with E-state index in [2.05, 4.69) is 13.8 Å². The van der Waals surface area contributed by atoms with Crippen molar-refractivity contribution in [3.8, 4) is 0 Å². The zero-order chi connectivity index (χ0) is 13.8. The molecule has 0 N–H and O–H groups in total. The minimum absolute atomic E-state index is 1.34. The Kier molecular flexibility index (Phi) is 10.2. The van der Waals surface area contributed by atoms with Crippen molar-refractivity contribution in [3.63, 3.8) is 0 Å². The van der Waals surface area contributed by atoms with Crippen LogP contribution in [-0.4, -0.2) is 0 Å². The first-order chi connectivity index (χ1) is 9.38. The SMILES string of the molecule is CCC/C1=C(\CCC)CCCCCCCCCCC1. The Balaban J connectivity index is 2.61. The molecule has 112 valence electrons. The van der Waals surface area contributed by atoms with E-state index < -0.39 is 0 Å². The molecule has 19 heavy (non-hydrogen) atoms. The van der Waals surface area contributed by atoms with Gasteiger partial charge in [-0.1, -0.05) is 82.8 Å². The average Bonchev–Trinajstić information content (AvgIpc) is 2.43. The van der Waals surface area contributed by atoms with Crippen LogP contribution in [-0.2, 0) is 0 Å². The van der Waals surface area contributed by atoms with Crippen LogP contribution in [0.1, 0.15) is 110 Å². The summed E-state index contributed by atoms with van der Waals surface area (Å²) in [7, 11) is 0. The highest BCUT2D eigenvalue weighted by molar-refractivity contribution is 5.14. The Morgan fingerprint density at radius 2 is 0.842 bits per heavy atom. The maximum atomic E-state index is 2.34. The molecule has 0 radical (unpaired) electrons. The van der Waals surface area contributed by atoms with Gasteiger partial charge in [-0.05, 0) is 38.5 Å². The van der Waals surface area contributed by atoms with Crippen molar-refractivity contribution < 1.29 is 0 Å². The standard InChI is InChI=1S/C19H36/c1-3-14-18-16-12-10-8-6-5-7-9-11-13-17-19(18)15-4-2/h3-17H2,1-2H3/b19-18-. The summed E-state index contributed by atoms with van der Waals surface area (Å²) in [5.74, 6) is 0. The first kappa shape index (κ1) is 16.8. The lowest BCUT2D eigenvalue weighted by Gasteiger charge is -2.15. The molecule has 0 atom stereocenters. The molecule has 0 aromatic carbocycles. The molecule has 0 heterocycles. The molecule has 0 saturated heterocycles. The van der Waals surface area contributed by atoms with Crippen molar-refractivity contribution >= 4 is 0 Å². The third-order valence-electron chi connectivity index (χ3n) is 4.56. The van der Waals surface area contributed by atoms with E-state index in [0.717, 1.165) is 0 Å². The maximum absolute atomic E-state index is 2.34. The lowest BCUT2D eigenvalue weighted by molar-refractivity contribution is 0.562. The summed E-state index contributed by atoms with van der Waals surface area (Å²) < 4.78 is 0. The van der Waals surface area contributed by atoms with E-state index in [4.69, 9.17) is 0 Å². The van der Waals surface area contributed by atoms with Crippen LogP contribution in [0.4, 0.5) is 0 Å². The summed E-state index contributed by atoms with van der Waals surface area (Å²) in [6, 6.07) is 0. The molecule has 0 bridgehead atoms. The van der Waals surface area contributed by atoms with Crippen molar-refractivity contribution in [2.45, 2.75) is 110 Å². The summed E-state index contributed by atoms with van der Waals surface area (Å²) in [5.41, 5.74) is 3.70. The Bertz CT molecular complexity index is 212. The highest BCUT2D eigenvalue weighted by Gasteiger charge is 2.07. The second-order valence-corrected chi connectivity index (χ2v) is 6.39. The molecule has 0 aromatic heterocycles. The van der Waals surface area contributed by atoms with Gasteiger partial charge in [0.2, 0.25) is 0 Å². The van der Waals surface area contributed by atoms with Gasteiger partial charge < -0.3 is 0 Å². The van der Waals surface area contributed by atoms with Gasteiger partial charge in [0.1, 0.15) is 0 Å². The van der Waals surface area contributed by atoms with Gasteiger partial charge in [0, 0.05) is 0 Å². The number of hydrogen-bond donors (Lipinski definition) is 0. The first-order valence-electron chi connectivity index (χ1n) is 9.08. The molecule has 0 heteroatoms. The van der Waals surface area contributed by atoms with Gasteiger partial charge >= 0.3 is 0 Å². The number of hydrogen-bond acceptors (Lipinski definition) is 0. The molecule has 0 spiro atoms. The second-order valence-electron chi connectivity index (χ2n) is 6.39. The predicted molar refractivity (Wildman–Crippen MR) is 87.6 cm³/mol. The first-order valence-corrected chi connectivity index (χ1v) is 9.08. The highest BCUT2D eigenvalue weighted by Crippen LogP contribution is 2.27. The van der Waals surface area contributed by atoms with Gasteiger partial charge in [0.25, 0.3) is 0 Å². The molecule has 0 fully saturated rings. The van der Waals surface area contributed by atoms with E-state index in [-0.39, 0.29) is 0 Å². The normalized spacial score (nSPS) is 24.3. The Morgan fingerprint density at radius 1 is 0.526 bits per heavy atom. The Morgan fingerprint density at radius 3 is 1.16 bits per heavy atom. The number of rotatable bonds is 4. The fraction of sp³-hybridized carbons (Fsp3) is 0.895. The molecule has 1 rings (SSSR count). The van der Waals surface area contributed by atoms with E-state index in [1.807, 2.05) is 11.1 Å². The Labute approximate surface area is 122 Å². The zero-order valence-electron chi connectivity index (χ0n) is 13.6. The molecule has 0 aliphatic heterocycles. The van der Waals surface area contributed by atoms with Crippen molar-refractivity contribution in [1.82, 2.24) is 0 Å². The topological polar surface area (TPSA) is 0 Å². The van der Waals surface area contributed by atoms with Crippen LogP contribution in [0.2, 0.25) is 0 Å². The summed E-state index contributed by atoms with van der Waals surface area (Å²) in [6.45, 7) is 4.69. The maximum Gasteiger partial charge on any atom is -0.0318 e. The van der Waals surface area contributed by atoms with Crippen LogP contribution in [0.5, 0.6) is 0 Å². The lowest BCUT2D eigenvalue weighted by atomic mass is 9.91. The van der Waals surface area contributed by atoms with Crippen LogP contribution >= 0.6 is 0 Å². The van der Waals surface area contributed by atoms with Gasteiger partial charge in [-0.2, -0.15) is 0 Å². The summed E-state index contributed by atoms with van der Waals surface area (Å²) in [5, 5.41) is 0. The van der Waals surface area contributed by atoms with E-state index in [1.165, 1.54) is 96.3 Å². The van der Waals surface area contributed by atoms with E-state index in [9.17, 15) is 0 Å². The monoisotopic (exact) mass is 264 g/mol. The summed E-state index contributed by atoms with van der Waals surface area (Å²) >= 11 is 0. The largest absolute Gasteiger partial charge is 0.0710 e. The van der Waals surface area contributed by atoms with Gasteiger partial charge in [-0.15, -0.1) is 0 Å². The fourth-order valence-corrected chi connectivity index (χ4v) is 3.47. The van der Waals surface area contributed by atoms with Crippen LogP contribution < -0.4 is 0 Å². The fourth-order valence-electron chi connectivity index (χ4n) is 3.47. The van der Waals surface area contributed by atoms with Crippen LogP contribution in [0.15, 0.2) is 11.1 Å². The predicted octanol–water partition coefficient (Wildman–Crippen LogP) is 7.19. The van der Waals surface area contributed by atoms with Crippen molar-refractivity contribution in [1.29, 1.82) is 0 Å². The van der Waals surface area contributed by atoms with Crippen molar-refractivity contribution in [2.24, 2.45) is 0 Å². The van der Waals surface area contributed by atoms with Gasteiger partial charge in [0.15, 0.2) is 0 Å². The third-order valence-corrected chi connectivity index (χ3v) is 4.56. The quantitative estimate of drug-likeness (QED) is 0.471. The van der Waals surface area contributed by atoms with Crippen molar-refractivity contribution in [3.05, 3.63) is 11.1 Å². The molecule has 0 saturated carbocycles. The third kappa shape index (κ3) is 7.80. The molecule has 0 unspecified atom stereocenters. The van der Waals surface area contributed by atoms with Crippen LogP contribution in [0.3, 0.4) is 0 Å². The van der Waals surface area contributed by atoms with E-state index in [0.29, 0.717) is 0 Å². The lowest BCUT2D eigenvalue weighted by Crippen LogP contribution is -1.95. The molecule has 0 amide bonds. The average molecular weight is 264 g/mol. The second kappa shape index (κ2) is 11.6. The minimum Gasteiger partial charge on any atom is -0.0710 e. The highest BCUT2D eigenvalue weighted by atomic mass is 14.1. The summed E-state index contributed by atoms with van der Waals surface area (Å²) in [6.07, 6.45) is 21.4. The molecular weight excluding hydrogens is 228 g/mol. The van der Waals surface area contributed by atoms with Crippen LogP contribution in [0.25, 0.3) is 0 Å².